The van der Waals surface area contributed by atoms with Crippen molar-refractivity contribution in [1.29, 1.82) is 0 Å². The normalized spacial score (nSPS) is 15.9. The number of rotatable bonds is 5. The number of benzene rings is 2. The molecule has 0 radical (unpaired) electrons. The Labute approximate surface area is 211 Å². The fourth-order valence-electron chi connectivity index (χ4n) is 4.65. The number of hydrogen-bond donors (Lipinski definition) is 1. The first-order valence-corrected chi connectivity index (χ1v) is 11.8. The van der Waals surface area contributed by atoms with Gasteiger partial charge in [-0.2, -0.15) is 5.10 Å². The first-order chi connectivity index (χ1) is 18.3. The molecular weight excluding hydrogens is 502 g/mol. The van der Waals surface area contributed by atoms with E-state index in [9.17, 15) is 18.4 Å². The first-order valence-electron chi connectivity index (χ1n) is 11.8. The number of carbonyl (C=O) groups excluding carboxylic acids is 1. The average molecular weight is 520 g/mol. The molecule has 0 unspecified atom stereocenters. The van der Waals surface area contributed by atoms with Crippen LogP contribution in [0.2, 0.25) is 0 Å². The predicted molar refractivity (Wildman–Crippen MR) is 129 cm³/mol. The van der Waals surface area contributed by atoms with Crippen LogP contribution >= 0.6 is 0 Å². The second-order valence-corrected chi connectivity index (χ2v) is 9.15. The predicted octanol–water partition coefficient (Wildman–Crippen LogP) is 3.75. The van der Waals surface area contributed by atoms with Crippen molar-refractivity contribution in [2.75, 3.05) is 4.90 Å². The number of halogens is 2. The van der Waals surface area contributed by atoms with Crippen molar-refractivity contribution in [3.8, 4) is 22.8 Å². The molecular formula is C25H18F2N6O5. The summed E-state index contributed by atoms with van der Waals surface area (Å²) in [7, 11) is 0. The van der Waals surface area contributed by atoms with E-state index in [1.807, 2.05) is 0 Å². The number of anilines is 1. The van der Waals surface area contributed by atoms with E-state index in [-0.39, 0.29) is 29.6 Å². The highest BCUT2D eigenvalue weighted by molar-refractivity contribution is 5.95. The van der Waals surface area contributed by atoms with Crippen molar-refractivity contribution in [3.63, 3.8) is 0 Å². The topological polar surface area (TPSA) is 128 Å². The molecule has 5 aromatic rings. The Balaban J connectivity index is 1.26. The van der Waals surface area contributed by atoms with E-state index in [2.05, 4.69) is 29.5 Å². The Bertz CT molecular complexity index is 1820. The largest absolute Gasteiger partial charge is 0.586 e. The number of fused-ring (bicyclic) bond motifs is 3. The van der Waals surface area contributed by atoms with Gasteiger partial charge in [0.2, 0.25) is 5.91 Å². The summed E-state index contributed by atoms with van der Waals surface area (Å²) < 4.78 is 42.7. The van der Waals surface area contributed by atoms with E-state index in [0.717, 1.165) is 17.5 Å². The Kier molecular flexibility index (Phi) is 4.62. The molecule has 1 N–H and O–H groups in total. The number of aryl methyl sites for hydroxylation is 1. The van der Waals surface area contributed by atoms with Gasteiger partial charge in [0.25, 0.3) is 5.56 Å². The molecule has 1 aliphatic carbocycles. The minimum atomic E-state index is -3.77. The number of ether oxygens (including phenoxy) is 2. The van der Waals surface area contributed by atoms with Gasteiger partial charge >= 0.3 is 6.29 Å². The summed E-state index contributed by atoms with van der Waals surface area (Å²) in [5.74, 6) is -0.201. The van der Waals surface area contributed by atoms with Crippen molar-refractivity contribution >= 4 is 33.7 Å². The SMILES string of the molecule is Cc1nc2cc(-c3nn(CC(=O)N(c4ccc5c(c4)OC(F)(F)O5)C4CC4)c(=O)c4[nH]cnc34)ccc2o1. The summed E-state index contributed by atoms with van der Waals surface area (Å²) in [6.45, 7) is 1.36. The zero-order chi connectivity index (χ0) is 26.2. The van der Waals surface area contributed by atoms with Gasteiger partial charge < -0.3 is 23.8 Å². The summed E-state index contributed by atoms with van der Waals surface area (Å²) in [5.41, 5.74) is 2.65. The van der Waals surface area contributed by atoms with Crippen molar-refractivity contribution in [2.24, 2.45) is 0 Å². The van der Waals surface area contributed by atoms with Crippen LogP contribution in [-0.4, -0.2) is 43.0 Å². The van der Waals surface area contributed by atoms with E-state index < -0.39 is 17.8 Å². The quantitative estimate of drug-likeness (QED) is 0.371. The highest BCUT2D eigenvalue weighted by Gasteiger charge is 2.44. The number of nitrogens with zero attached hydrogens (tertiary/aromatic N) is 5. The number of aromatic amines is 1. The van der Waals surface area contributed by atoms with Crippen molar-refractivity contribution in [1.82, 2.24) is 24.7 Å². The molecule has 7 rings (SSSR count). The molecule has 3 aromatic heterocycles. The van der Waals surface area contributed by atoms with E-state index in [0.29, 0.717) is 39.5 Å². The lowest BCUT2D eigenvalue weighted by atomic mass is 10.1. The number of H-pyrrole nitrogens is 1. The summed E-state index contributed by atoms with van der Waals surface area (Å²) in [5, 5.41) is 4.50. The molecule has 2 aliphatic rings. The first kappa shape index (κ1) is 22.4. The molecule has 1 aliphatic heterocycles. The van der Waals surface area contributed by atoms with Gasteiger partial charge in [0.05, 0.1) is 6.33 Å². The second kappa shape index (κ2) is 7.84. The van der Waals surface area contributed by atoms with Gasteiger partial charge in [-0.25, -0.2) is 14.6 Å². The molecule has 0 saturated heterocycles. The van der Waals surface area contributed by atoms with Crippen LogP contribution in [-0.2, 0) is 11.3 Å². The van der Waals surface area contributed by atoms with Gasteiger partial charge in [-0.15, -0.1) is 8.78 Å². The van der Waals surface area contributed by atoms with E-state index >= 15 is 0 Å². The fourth-order valence-corrected chi connectivity index (χ4v) is 4.65. The Morgan fingerprint density at radius 2 is 2.00 bits per heavy atom. The monoisotopic (exact) mass is 520 g/mol. The van der Waals surface area contributed by atoms with Crippen LogP contribution in [0.4, 0.5) is 14.5 Å². The van der Waals surface area contributed by atoms with Crippen molar-refractivity contribution in [2.45, 2.75) is 38.6 Å². The second-order valence-electron chi connectivity index (χ2n) is 9.15. The van der Waals surface area contributed by atoms with Crippen LogP contribution in [0.1, 0.15) is 18.7 Å². The minimum Gasteiger partial charge on any atom is -0.441 e. The number of aromatic nitrogens is 5. The van der Waals surface area contributed by atoms with Gasteiger partial charge in [-0.1, -0.05) is 0 Å². The standard InChI is InChI=1S/C25H18F2N6O5/c1-12-30-16-8-13(2-6-17(16)36-12)21-22-23(29-11-28-22)24(35)32(31-21)10-20(34)33(14-3-4-14)15-5-7-18-19(9-15)38-25(26,27)37-18/h2,5-9,11,14H,3-4,10H2,1H3,(H,28,29). The van der Waals surface area contributed by atoms with Crippen molar-refractivity contribution < 1.29 is 27.5 Å². The van der Waals surface area contributed by atoms with Gasteiger partial charge in [0.1, 0.15) is 28.8 Å². The summed E-state index contributed by atoms with van der Waals surface area (Å²) in [6.07, 6.45) is -0.904. The lowest BCUT2D eigenvalue weighted by Crippen LogP contribution is -2.39. The van der Waals surface area contributed by atoms with E-state index in [4.69, 9.17) is 4.42 Å². The zero-order valence-corrected chi connectivity index (χ0v) is 19.8. The minimum absolute atomic E-state index is 0.117. The number of hydrogen-bond acceptors (Lipinski definition) is 8. The molecule has 1 amide bonds. The molecule has 1 fully saturated rings. The average Bonchev–Trinajstić information content (AvgIpc) is 3.29. The van der Waals surface area contributed by atoms with Crippen LogP contribution in [0.5, 0.6) is 11.5 Å². The van der Waals surface area contributed by atoms with E-state index in [1.165, 1.54) is 29.4 Å². The number of amides is 1. The smallest absolute Gasteiger partial charge is 0.441 e. The zero-order valence-electron chi connectivity index (χ0n) is 19.8. The highest BCUT2D eigenvalue weighted by atomic mass is 19.3. The third-order valence-corrected chi connectivity index (χ3v) is 6.43. The molecule has 13 heteroatoms. The summed E-state index contributed by atoms with van der Waals surface area (Å²) in [4.78, 5) is 39.7. The van der Waals surface area contributed by atoms with Gasteiger partial charge in [0, 0.05) is 30.3 Å². The maximum atomic E-state index is 13.5. The van der Waals surface area contributed by atoms with Crippen LogP contribution in [0.3, 0.4) is 0 Å². The molecule has 38 heavy (non-hydrogen) atoms. The Morgan fingerprint density at radius 3 is 2.82 bits per heavy atom. The Hall–Kier alpha value is -4.81. The molecule has 0 atom stereocenters. The van der Waals surface area contributed by atoms with Crippen molar-refractivity contribution in [3.05, 3.63) is 59.0 Å². The third-order valence-electron chi connectivity index (χ3n) is 6.43. The number of nitrogens with one attached hydrogen (secondary N) is 1. The van der Waals surface area contributed by atoms with Gasteiger partial charge in [-0.05, 0) is 43.2 Å². The third kappa shape index (κ3) is 3.66. The van der Waals surface area contributed by atoms with Crippen LogP contribution in [0.25, 0.3) is 33.4 Å². The number of imidazole rings is 1. The summed E-state index contributed by atoms with van der Waals surface area (Å²) in [6, 6.07) is 9.35. The molecule has 192 valence electrons. The maximum absolute atomic E-state index is 13.5. The lowest BCUT2D eigenvalue weighted by Gasteiger charge is -2.23. The summed E-state index contributed by atoms with van der Waals surface area (Å²) >= 11 is 0. The molecule has 0 bridgehead atoms. The lowest BCUT2D eigenvalue weighted by molar-refractivity contribution is -0.286. The van der Waals surface area contributed by atoms with E-state index in [1.54, 1.807) is 25.1 Å². The number of oxazole rings is 1. The van der Waals surface area contributed by atoms with Crippen LogP contribution in [0.15, 0.2) is 51.9 Å². The number of alkyl halides is 2. The van der Waals surface area contributed by atoms with Crippen LogP contribution < -0.4 is 19.9 Å². The van der Waals surface area contributed by atoms with Gasteiger partial charge in [-0.3, -0.25) is 9.59 Å². The number of carbonyl (C=O) groups is 1. The molecule has 1 saturated carbocycles. The maximum Gasteiger partial charge on any atom is 0.586 e. The van der Waals surface area contributed by atoms with Gasteiger partial charge in [0.15, 0.2) is 23.0 Å². The molecule has 4 heterocycles. The fraction of sp³-hybridized carbons (Fsp3) is 0.240. The molecule has 11 nitrogen and oxygen atoms in total. The highest BCUT2D eigenvalue weighted by Crippen LogP contribution is 2.44. The molecule has 0 spiro atoms. The van der Waals surface area contributed by atoms with Crippen LogP contribution in [0, 0.1) is 6.92 Å². The Morgan fingerprint density at radius 1 is 1.18 bits per heavy atom. The molecule has 2 aromatic carbocycles.